The summed E-state index contributed by atoms with van der Waals surface area (Å²) < 4.78 is 38.3. The van der Waals surface area contributed by atoms with Crippen LogP contribution >= 0.6 is 23.2 Å². The van der Waals surface area contributed by atoms with Gasteiger partial charge in [-0.25, -0.2) is 9.79 Å². The number of aliphatic hydroxyl groups excluding tert-OH is 6. The van der Waals surface area contributed by atoms with Crippen LogP contribution in [-0.2, 0) is 52.6 Å². The van der Waals surface area contributed by atoms with E-state index in [1.54, 1.807) is 0 Å². The number of phenolic OH excluding ortho intramolecular Hbond substituents is 3. The number of halogens is 2. The fourth-order valence-electron chi connectivity index (χ4n) is 12.2. The molecule has 2 fully saturated rings. The second kappa shape index (κ2) is 31.9. The number of aromatic hydroxyl groups is 3. The predicted octanol–water partition coefficient (Wildman–Crippen LogP) is 1.23. The number of amides is 7. The zero-order valence-electron chi connectivity index (χ0n) is 55.1. The summed E-state index contributed by atoms with van der Waals surface area (Å²) in [6, 6.07) is 1.75. The minimum absolute atomic E-state index is 0.0976. The van der Waals surface area contributed by atoms with Crippen LogP contribution in [-0.4, -0.2) is 192 Å². The van der Waals surface area contributed by atoms with Gasteiger partial charge in [-0.3, -0.25) is 33.6 Å². The number of carboxylic acids is 1. The molecule has 0 spiro atoms. The molecule has 33 nitrogen and oxygen atoms in total. The molecule has 11 rings (SSSR count). The van der Waals surface area contributed by atoms with Gasteiger partial charge in [0.2, 0.25) is 47.5 Å². The third-order valence-electron chi connectivity index (χ3n) is 17.5. The van der Waals surface area contributed by atoms with Crippen molar-refractivity contribution in [2.45, 2.75) is 157 Å². The Kier molecular flexibility index (Phi) is 24.0. The number of nitrogens with two attached hydrogens (primary N) is 2. The van der Waals surface area contributed by atoms with Crippen molar-refractivity contribution >= 4 is 77.2 Å². The summed E-state index contributed by atoms with van der Waals surface area (Å²) in [5.41, 5.74) is 8.04. The minimum Gasteiger partial charge on any atom is -0.508 e. The molecule has 6 heterocycles. The number of nitrogens with zero attached hydrogens (tertiary/aromatic N) is 1. The number of fused-ring (bicyclic) bond motifs is 16. The number of ether oxygens (including phenoxy) is 6. The van der Waals surface area contributed by atoms with Crippen LogP contribution < -0.4 is 57.6 Å². The number of hydrogen-bond acceptors (Lipinski definition) is 25. The normalized spacial score (nSPS) is 28.1. The molecule has 35 heteroatoms. The van der Waals surface area contributed by atoms with Gasteiger partial charge in [-0.15, -0.1) is 0 Å². The summed E-state index contributed by atoms with van der Waals surface area (Å²) in [6.07, 6.45) is -19.1. The van der Waals surface area contributed by atoms with Crippen LogP contribution in [0.3, 0.4) is 0 Å². The van der Waals surface area contributed by atoms with Gasteiger partial charge in [-0.2, -0.15) is 0 Å². The smallest absolute Gasteiger partial charge is 0.330 e. The third kappa shape index (κ3) is 17.1. The molecule has 7 amide bonds. The van der Waals surface area contributed by atoms with E-state index in [0.717, 1.165) is 60.7 Å². The van der Waals surface area contributed by atoms with Crippen LogP contribution in [0.5, 0.6) is 46.0 Å². The van der Waals surface area contributed by atoms with Crippen LogP contribution in [0.4, 0.5) is 0 Å². The number of primary amides is 1. The van der Waals surface area contributed by atoms with E-state index in [1.165, 1.54) is 39.1 Å². The molecule has 0 aliphatic carbocycles. The lowest BCUT2D eigenvalue weighted by Crippen LogP contribution is -2.64. The first kappa shape index (κ1) is 76.8. The van der Waals surface area contributed by atoms with Crippen LogP contribution in [0.2, 0.25) is 10.0 Å². The van der Waals surface area contributed by atoms with Gasteiger partial charge in [0.1, 0.15) is 77.3 Å². The molecule has 20 N–H and O–H groups in total. The molecular formula is C67H77Cl2N9O24. The SMILES string of the molecule is C=NC(=O)[C@@H]1NC(=O)[C@@H]2NC(=O)[C@H](CC(N)=O)NC(=O)[C@H](NC(=O)[C@@H](CC(C)C)NC)[C@H](O)c3ccc(c(Cl)c3)Oc3cc2cc(c3O[C@@H]2O[C@H](CO)[C@@H](O)[C@H](O)[C@H]2O[C@H]2C[C@](C)(N)[C@H](O)[C@H](C)O2)Oc2ccc(cc2Cl)[C@@H](O)CC(=O)N[C@H](C(=O)O)c2cc(O)cc(O)c2-c2cc1ccc2O. The van der Waals surface area contributed by atoms with Crippen molar-refractivity contribution in [3.05, 3.63) is 117 Å². The molecule has 0 aromatic heterocycles. The van der Waals surface area contributed by atoms with Crippen LogP contribution in [0.1, 0.15) is 112 Å². The highest BCUT2D eigenvalue weighted by atomic mass is 35.5. The van der Waals surface area contributed by atoms with Crippen molar-refractivity contribution in [2.75, 3.05) is 13.7 Å². The Hall–Kier alpha value is -9.33. The maximum Gasteiger partial charge on any atom is 0.330 e. The zero-order valence-corrected chi connectivity index (χ0v) is 56.6. The van der Waals surface area contributed by atoms with Crippen LogP contribution in [0.25, 0.3) is 11.1 Å². The lowest BCUT2D eigenvalue weighted by Gasteiger charge is -2.47. The number of benzene rings is 5. The highest BCUT2D eigenvalue weighted by molar-refractivity contribution is 6.32. The highest BCUT2D eigenvalue weighted by Gasteiger charge is 2.51. The number of aliphatic imine (C=N–C) groups is 1. The minimum atomic E-state index is -2.33. The summed E-state index contributed by atoms with van der Waals surface area (Å²) in [5, 5.41) is 127. The van der Waals surface area contributed by atoms with Gasteiger partial charge >= 0.3 is 5.97 Å². The molecule has 0 saturated carbocycles. The van der Waals surface area contributed by atoms with E-state index in [2.05, 4.69) is 43.6 Å². The van der Waals surface area contributed by atoms with Crippen molar-refractivity contribution in [3.63, 3.8) is 0 Å². The number of carbonyl (C=O) groups excluding carboxylic acids is 7. The first-order valence-corrected chi connectivity index (χ1v) is 32.5. The van der Waals surface area contributed by atoms with Gasteiger partial charge in [-0.05, 0) is 117 Å². The maximum atomic E-state index is 15.9. The monoisotopic (exact) mass is 1460 g/mol. The number of phenols is 3. The van der Waals surface area contributed by atoms with E-state index < -0.39 is 232 Å². The van der Waals surface area contributed by atoms with Gasteiger partial charge in [0.25, 0.3) is 5.91 Å². The molecule has 5 aromatic rings. The summed E-state index contributed by atoms with van der Waals surface area (Å²) in [6.45, 7) is 8.97. The Labute approximate surface area is 591 Å². The topological polar surface area (TPSA) is 531 Å². The fourth-order valence-corrected chi connectivity index (χ4v) is 12.6. The fraction of sp³-hybridized carbons (Fsp3) is 0.418. The maximum absolute atomic E-state index is 15.9. The number of aliphatic hydroxyl groups is 6. The van der Waals surface area contributed by atoms with E-state index in [4.69, 9.17) is 63.1 Å². The lowest BCUT2D eigenvalue weighted by atomic mass is 9.86. The van der Waals surface area contributed by atoms with Gasteiger partial charge in [0, 0.05) is 34.7 Å². The number of nitrogens with one attached hydrogen (secondary N) is 6. The lowest BCUT2D eigenvalue weighted by molar-refractivity contribution is -0.333. The summed E-state index contributed by atoms with van der Waals surface area (Å²) in [7, 11) is 1.47. The molecule has 6 aliphatic rings. The molecule has 102 heavy (non-hydrogen) atoms. The molecule has 548 valence electrons. The number of rotatable bonds is 14. The zero-order chi connectivity index (χ0) is 74.7. The molecular weight excluding hydrogens is 1390 g/mol. The highest BCUT2D eigenvalue weighted by Crippen LogP contribution is 2.50. The first-order valence-electron chi connectivity index (χ1n) is 31.8. The molecule has 6 aliphatic heterocycles. The predicted molar refractivity (Wildman–Crippen MR) is 357 cm³/mol. The van der Waals surface area contributed by atoms with E-state index in [9.17, 15) is 79.8 Å². The summed E-state index contributed by atoms with van der Waals surface area (Å²) in [4.78, 5) is 118. The number of carboxylic acid groups (broad SMARTS) is 1. The molecule has 2 saturated heterocycles. The van der Waals surface area contributed by atoms with Crippen molar-refractivity contribution < 1.29 is 118 Å². The van der Waals surface area contributed by atoms with Gasteiger partial charge in [0.05, 0.1) is 53.8 Å². The van der Waals surface area contributed by atoms with Crippen molar-refractivity contribution in [3.8, 4) is 57.1 Å². The van der Waals surface area contributed by atoms with Gasteiger partial charge in [0.15, 0.2) is 29.9 Å². The number of likely N-dealkylation sites (N-methyl/N-ethyl adjacent to an activating group) is 1. The molecule has 5 aromatic carbocycles. The largest absolute Gasteiger partial charge is 0.508 e. The molecule has 17 atom stereocenters. The van der Waals surface area contributed by atoms with Crippen molar-refractivity contribution in [1.29, 1.82) is 0 Å². The Morgan fingerprint density at radius 3 is 2.00 bits per heavy atom. The quantitative estimate of drug-likeness (QED) is 0.0695. The van der Waals surface area contributed by atoms with E-state index in [-0.39, 0.29) is 52.0 Å². The van der Waals surface area contributed by atoms with Crippen LogP contribution in [0.15, 0.2) is 83.9 Å². The van der Waals surface area contributed by atoms with Crippen LogP contribution in [0, 0.1) is 5.92 Å². The molecule has 0 radical (unpaired) electrons. The Morgan fingerprint density at radius 2 is 1.41 bits per heavy atom. The average Bonchev–Trinajstić information content (AvgIpc) is 0.774. The average molecular weight is 1460 g/mol. The standard InChI is InChI=1S/C67H77Cl2N9O24/c1-25(2)13-36(72-5)60(90)78-53-54(86)29-9-12-42(35(69)16-29)99-44-18-30-17-43(57(44)102-66-58(56(88)55(87)45(24-79)100-66)101-48-23-67(4,71)59(89)26(3)97-48)98-41-11-8-27(15-34(41)68)39(82)22-47(85)75-52(65(95)96)33-19-31(80)20-40(83)49(33)32-14-28(7-10-38(32)81)50(62(92)73-6)77-63(93)51(30)76-61(91)37(21-46(70)84)74-64(53)94/h7-12,14-20,25-26,36-37,39,45,48,50-56,58-59,66,72,79-83,86-89H,6,13,21-24,71H2,1-5H3,(H2,70,84)(H,74,94)(H,75,85)(H,76,91)(H,77,93)(H,78,90)(H,95,96)/t26-,36+,37-,39-,45+,48-,50+,51+,52-,53+,54+,55+,56-,58+,59+,66-,67-/m0/s1. The third-order valence-corrected chi connectivity index (χ3v) is 18.0. The number of aliphatic carboxylic acids is 1. The first-order chi connectivity index (χ1) is 48.1. The number of carbonyl (C=O) groups is 8. The van der Waals surface area contributed by atoms with E-state index in [0.29, 0.717) is 0 Å². The number of hydrogen-bond donors (Lipinski definition) is 18. The molecule has 0 unspecified atom stereocenters. The second-order valence-electron chi connectivity index (χ2n) is 25.6. The Morgan fingerprint density at radius 1 is 0.775 bits per heavy atom. The molecule has 9 bridgehead atoms. The Bertz CT molecular complexity index is 4070. The summed E-state index contributed by atoms with van der Waals surface area (Å²) in [5.74, 6) is -15.7. The van der Waals surface area contributed by atoms with E-state index >= 15 is 9.59 Å². The van der Waals surface area contributed by atoms with Gasteiger partial charge in [-0.1, -0.05) is 55.2 Å². The van der Waals surface area contributed by atoms with Crippen molar-refractivity contribution in [2.24, 2.45) is 22.4 Å². The van der Waals surface area contributed by atoms with E-state index in [1.807, 2.05) is 13.8 Å². The van der Waals surface area contributed by atoms with Gasteiger partial charge < -0.3 is 123 Å². The second-order valence-corrected chi connectivity index (χ2v) is 26.4. The van der Waals surface area contributed by atoms with Crippen molar-refractivity contribution in [1.82, 2.24) is 31.9 Å². The Balaban J connectivity index is 1.33. The summed E-state index contributed by atoms with van der Waals surface area (Å²) >= 11 is 14.0.